The van der Waals surface area contributed by atoms with E-state index in [1.807, 2.05) is 42.5 Å². The Kier molecular flexibility index (Phi) is 5.43. The van der Waals surface area contributed by atoms with Gasteiger partial charge in [0, 0.05) is 12.6 Å². The van der Waals surface area contributed by atoms with Gasteiger partial charge in [-0.1, -0.05) is 62.4 Å². The zero-order valence-corrected chi connectivity index (χ0v) is 20.3. The van der Waals surface area contributed by atoms with Gasteiger partial charge in [0.1, 0.15) is 19.0 Å². The van der Waals surface area contributed by atoms with Crippen molar-refractivity contribution >= 4 is 5.91 Å². The van der Waals surface area contributed by atoms with Crippen molar-refractivity contribution in [1.29, 1.82) is 0 Å². The average molecular weight is 470 g/mol. The van der Waals surface area contributed by atoms with Crippen LogP contribution >= 0.6 is 0 Å². The van der Waals surface area contributed by atoms with Crippen molar-refractivity contribution in [3.8, 4) is 17.2 Å². The van der Waals surface area contributed by atoms with Crippen molar-refractivity contribution in [2.24, 2.45) is 5.92 Å². The summed E-state index contributed by atoms with van der Waals surface area (Å²) in [6, 6.07) is 24.4. The molecule has 1 saturated heterocycles. The molecule has 6 rings (SSSR count). The number of ether oxygens (including phenoxy) is 3. The molecule has 3 aromatic carbocycles. The van der Waals surface area contributed by atoms with Gasteiger partial charge in [-0.15, -0.1) is 0 Å². The van der Waals surface area contributed by atoms with Crippen molar-refractivity contribution in [2.45, 2.75) is 50.9 Å². The molecule has 3 aliphatic rings. The van der Waals surface area contributed by atoms with Crippen molar-refractivity contribution in [1.82, 2.24) is 4.90 Å². The van der Waals surface area contributed by atoms with E-state index in [9.17, 15) is 4.79 Å². The largest absolute Gasteiger partial charge is 0.489 e. The standard InChI is InChI=1S/C30H31NO4/c1-20-25-16-22-12-13-23(33-18-21-8-4-3-5-9-21)17-24(22)30(20,2)14-15-31(25)29(32)28-19-34-26-10-6-7-11-27(26)35-28/h3-13,17,20,25,28H,14-16,18-19H2,1-2H3/t20-,25+,28-,30+/m0/s1. The number of likely N-dealkylation sites (tertiary alicyclic amines) is 1. The Bertz CT molecular complexity index is 1240. The van der Waals surface area contributed by atoms with Gasteiger partial charge < -0.3 is 19.1 Å². The van der Waals surface area contributed by atoms with Crippen LogP contribution in [0.2, 0.25) is 0 Å². The van der Waals surface area contributed by atoms with E-state index in [1.165, 1.54) is 11.1 Å². The van der Waals surface area contributed by atoms with E-state index < -0.39 is 6.10 Å². The number of rotatable bonds is 4. The fraction of sp³-hybridized carbons (Fsp3) is 0.367. The molecule has 0 unspecified atom stereocenters. The van der Waals surface area contributed by atoms with Gasteiger partial charge >= 0.3 is 0 Å². The third kappa shape index (κ3) is 3.83. The molecular formula is C30H31NO4. The Balaban J connectivity index is 1.21. The molecule has 5 nitrogen and oxygen atoms in total. The quantitative estimate of drug-likeness (QED) is 0.530. The van der Waals surface area contributed by atoms with Crippen LogP contribution in [0.3, 0.4) is 0 Å². The lowest BCUT2D eigenvalue weighted by molar-refractivity contribution is -0.148. The third-order valence-electron chi connectivity index (χ3n) is 8.30. The van der Waals surface area contributed by atoms with Gasteiger partial charge in [0.2, 0.25) is 6.10 Å². The molecule has 3 aromatic rings. The first-order valence-corrected chi connectivity index (χ1v) is 12.5. The van der Waals surface area contributed by atoms with E-state index in [2.05, 4.69) is 49.1 Å². The Morgan fingerprint density at radius 1 is 1.06 bits per heavy atom. The number of piperidine rings is 1. The fourth-order valence-corrected chi connectivity index (χ4v) is 6.03. The topological polar surface area (TPSA) is 48.0 Å². The molecule has 0 saturated carbocycles. The highest BCUT2D eigenvalue weighted by Crippen LogP contribution is 2.49. The van der Waals surface area contributed by atoms with Crippen molar-refractivity contribution < 1.29 is 19.0 Å². The minimum absolute atomic E-state index is 0.00231. The number of benzene rings is 3. The second-order valence-corrected chi connectivity index (χ2v) is 10.2. The first-order chi connectivity index (χ1) is 17.0. The van der Waals surface area contributed by atoms with Crippen LogP contribution in [0.25, 0.3) is 0 Å². The molecule has 0 radical (unpaired) electrons. The highest BCUT2D eigenvalue weighted by molar-refractivity contribution is 5.82. The van der Waals surface area contributed by atoms with Crippen LogP contribution in [0.4, 0.5) is 0 Å². The minimum Gasteiger partial charge on any atom is -0.489 e. The molecule has 0 spiro atoms. The molecule has 1 aliphatic carbocycles. The number of carbonyl (C=O) groups excluding carboxylic acids is 1. The molecule has 0 aromatic heterocycles. The molecule has 35 heavy (non-hydrogen) atoms. The SMILES string of the molecule is C[C@H]1[C@H]2Cc3ccc(OCc4ccccc4)cc3[C@]1(C)CCN2C(=O)[C@@H]1COc2ccccc2O1. The lowest BCUT2D eigenvalue weighted by Crippen LogP contribution is -2.62. The second kappa shape index (κ2) is 8.63. The van der Waals surface area contributed by atoms with E-state index >= 15 is 0 Å². The zero-order valence-electron chi connectivity index (χ0n) is 20.3. The number of hydrogen-bond donors (Lipinski definition) is 0. The normalized spacial score (nSPS) is 26.6. The molecule has 180 valence electrons. The van der Waals surface area contributed by atoms with E-state index in [1.54, 1.807) is 0 Å². The van der Waals surface area contributed by atoms with Crippen LogP contribution in [0.5, 0.6) is 17.2 Å². The average Bonchev–Trinajstić information content (AvgIpc) is 2.89. The highest BCUT2D eigenvalue weighted by atomic mass is 16.6. The van der Waals surface area contributed by atoms with E-state index in [0.29, 0.717) is 24.0 Å². The lowest BCUT2D eigenvalue weighted by atomic mass is 9.59. The molecule has 1 fully saturated rings. The molecule has 2 bridgehead atoms. The lowest BCUT2D eigenvalue weighted by Gasteiger charge is -2.55. The van der Waals surface area contributed by atoms with Crippen LogP contribution in [0.15, 0.2) is 72.8 Å². The number of amides is 1. The monoisotopic (exact) mass is 469 g/mol. The first-order valence-electron chi connectivity index (χ1n) is 12.5. The van der Waals surface area contributed by atoms with Crippen molar-refractivity contribution in [3.63, 3.8) is 0 Å². The Labute approximate surface area is 206 Å². The van der Waals surface area contributed by atoms with Crippen LogP contribution in [0.1, 0.15) is 37.0 Å². The van der Waals surface area contributed by atoms with Gasteiger partial charge in [0.05, 0.1) is 0 Å². The van der Waals surface area contributed by atoms with Crippen LogP contribution in [-0.2, 0) is 23.2 Å². The fourth-order valence-electron chi connectivity index (χ4n) is 6.03. The summed E-state index contributed by atoms with van der Waals surface area (Å²) in [5.74, 6) is 2.61. The summed E-state index contributed by atoms with van der Waals surface area (Å²) in [7, 11) is 0. The summed E-state index contributed by atoms with van der Waals surface area (Å²) in [4.78, 5) is 15.7. The summed E-state index contributed by atoms with van der Waals surface area (Å²) in [5.41, 5.74) is 3.84. The van der Waals surface area contributed by atoms with Gasteiger partial charge in [0.15, 0.2) is 11.5 Å². The Morgan fingerprint density at radius 3 is 2.66 bits per heavy atom. The van der Waals surface area contributed by atoms with Crippen molar-refractivity contribution in [2.75, 3.05) is 13.2 Å². The first kappa shape index (κ1) is 22.0. The maximum atomic E-state index is 13.6. The van der Waals surface area contributed by atoms with E-state index in [-0.39, 0.29) is 24.0 Å². The second-order valence-electron chi connectivity index (χ2n) is 10.2. The third-order valence-corrected chi connectivity index (χ3v) is 8.30. The predicted octanol–water partition coefficient (Wildman–Crippen LogP) is 5.16. The van der Waals surface area contributed by atoms with Gasteiger partial charge in [0.25, 0.3) is 5.91 Å². The molecular weight excluding hydrogens is 438 g/mol. The van der Waals surface area contributed by atoms with Gasteiger partial charge in [-0.05, 0) is 65.1 Å². The summed E-state index contributed by atoms with van der Waals surface area (Å²) in [5, 5.41) is 0. The molecule has 5 heteroatoms. The maximum absolute atomic E-state index is 13.6. The summed E-state index contributed by atoms with van der Waals surface area (Å²) in [6.45, 7) is 6.17. The predicted molar refractivity (Wildman–Crippen MR) is 134 cm³/mol. The Morgan fingerprint density at radius 2 is 1.83 bits per heavy atom. The number of hydrogen-bond acceptors (Lipinski definition) is 4. The molecule has 2 heterocycles. The van der Waals surface area contributed by atoms with Gasteiger partial charge in [-0.3, -0.25) is 4.79 Å². The van der Waals surface area contributed by atoms with E-state index in [0.717, 1.165) is 30.7 Å². The van der Waals surface area contributed by atoms with Crippen molar-refractivity contribution in [3.05, 3.63) is 89.5 Å². The van der Waals surface area contributed by atoms with Crippen LogP contribution in [-0.4, -0.2) is 36.1 Å². The molecule has 1 amide bonds. The molecule has 4 atom stereocenters. The molecule has 2 aliphatic heterocycles. The van der Waals surface area contributed by atoms with Crippen LogP contribution in [0, 0.1) is 5.92 Å². The minimum atomic E-state index is -0.600. The number of nitrogens with zero attached hydrogens (tertiary/aromatic N) is 1. The summed E-state index contributed by atoms with van der Waals surface area (Å²) < 4.78 is 18.0. The smallest absolute Gasteiger partial charge is 0.267 e. The number of fused-ring (bicyclic) bond motifs is 5. The van der Waals surface area contributed by atoms with Crippen LogP contribution < -0.4 is 14.2 Å². The summed E-state index contributed by atoms with van der Waals surface area (Å²) >= 11 is 0. The number of carbonyl (C=O) groups is 1. The zero-order chi connectivity index (χ0) is 24.0. The summed E-state index contributed by atoms with van der Waals surface area (Å²) in [6.07, 6.45) is 1.16. The highest BCUT2D eigenvalue weighted by Gasteiger charge is 2.51. The maximum Gasteiger partial charge on any atom is 0.267 e. The Hall–Kier alpha value is -3.47. The van der Waals surface area contributed by atoms with Gasteiger partial charge in [-0.2, -0.15) is 0 Å². The van der Waals surface area contributed by atoms with E-state index in [4.69, 9.17) is 14.2 Å². The van der Waals surface area contributed by atoms with Gasteiger partial charge in [-0.25, -0.2) is 0 Å². The molecule has 0 N–H and O–H groups in total. The number of para-hydroxylation sites is 2.